The van der Waals surface area contributed by atoms with Gasteiger partial charge in [-0.1, -0.05) is 0 Å². The van der Waals surface area contributed by atoms with Crippen molar-refractivity contribution in [2.24, 2.45) is 7.05 Å². The average Bonchev–Trinajstić information content (AvgIpc) is 2.98. The van der Waals surface area contributed by atoms with Crippen LogP contribution < -0.4 is 11.1 Å². The first-order chi connectivity index (χ1) is 9.58. The Morgan fingerprint density at radius 2 is 2.15 bits per heavy atom. The van der Waals surface area contributed by atoms with Gasteiger partial charge in [0.2, 0.25) is 5.91 Å². The number of rotatable bonds is 3. The summed E-state index contributed by atoms with van der Waals surface area (Å²) in [7, 11) is 1.68. The van der Waals surface area contributed by atoms with Crippen molar-refractivity contribution in [3.8, 4) is 0 Å². The van der Waals surface area contributed by atoms with Gasteiger partial charge in [0, 0.05) is 19.6 Å². The van der Waals surface area contributed by atoms with Gasteiger partial charge in [-0.05, 0) is 25.7 Å². The van der Waals surface area contributed by atoms with Crippen molar-refractivity contribution in [1.82, 2.24) is 20.0 Å². The van der Waals surface area contributed by atoms with E-state index in [1.54, 1.807) is 11.9 Å². The number of amides is 2. The molecule has 0 spiro atoms. The molecule has 2 aliphatic rings. The van der Waals surface area contributed by atoms with Gasteiger partial charge in [-0.25, -0.2) is 0 Å². The molecule has 2 fully saturated rings. The van der Waals surface area contributed by atoms with Crippen LogP contribution in [0.2, 0.25) is 0 Å². The maximum atomic E-state index is 12.6. The zero-order chi connectivity index (χ0) is 14.3. The molecule has 2 amide bonds. The lowest BCUT2D eigenvalue weighted by Crippen LogP contribution is -2.47. The zero-order valence-corrected chi connectivity index (χ0v) is 11.5. The van der Waals surface area contributed by atoms with E-state index in [0.717, 1.165) is 19.3 Å². The van der Waals surface area contributed by atoms with Crippen molar-refractivity contribution in [1.29, 1.82) is 0 Å². The maximum absolute atomic E-state index is 12.6. The fourth-order valence-electron chi connectivity index (χ4n) is 2.66. The third-order valence-corrected chi connectivity index (χ3v) is 3.91. The minimum atomic E-state index is -0.377. The predicted octanol–water partition coefficient (Wildman–Crippen LogP) is -0.114. The lowest BCUT2D eigenvalue weighted by atomic mass is 10.2. The molecule has 1 aliphatic heterocycles. The molecule has 1 aromatic rings. The zero-order valence-electron chi connectivity index (χ0n) is 11.5. The highest BCUT2D eigenvalue weighted by Gasteiger charge is 2.38. The number of nitrogens with zero attached hydrogens (tertiary/aromatic N) is 3. The number of carbonyl (C=O) groups is 2. The minimum Gasteiger partial charge on any atom is -0.396 e. The molecule has 1 saturated carbocycles. The average molecular weight is 277 g/mol. The van der Waals surface area contributed by atoms with Gasteiger partial charge in [0.1, 0.15) is 11.7 Å². The molecule has 0 bridgehead atoms. The summed E-state index contributed by atoms with van der Waals surface area (Å²) >= 11 is 0. The summed E-state index contributed by atoms with van der Waals surface area (Å²) in [6.45, 7) is 0.589. The number of nitrogens with one attached hydrogen (secondary N) is 1. The number of hydrogen-bond donors (Lipinski definition) is 2. The van der Waals surface area contributed by atoms with Crippen LogP contribution in [0.4, 0.5) is 5.69 Å². The second kappa shape index (κ2) is 4.81. The Morgan fingerprint density at radius 3 is 2.75 bits per heavy atom. The Hall–Kier alpha value is -2.05. The Morgan fingerprint density at radius 1 is 1.40 bits per heavy atom. The highest BCUT2D eigenvalue weighted by molar-refractivity contribution is 6.00. The van der Waals surface area contributed by atoms with Crippen molar-refractivity contribution in [2.45, 2.75) is 37.8 Å². The number of likely N-dealkylation sites (tertiary alicyclic amines) is 1. The fraction of sp³-hybridized carbons (Fsp3) is 0.615. The molecule has 1 saturated heterocycles. The first-order valence-electron chi connectivity index (χ1n) is 6.96. The Bertz CT molecular complexity index is 529. The molecule has 7 heteroatoms. The maximum Gasteiger partial charge on any atom is 0.274 e. The lowest BCUT2D eigenvalue weighted by molar-refractivity contribution is -0.125. The molecule has 0 radical (unpaired) electrons. The van der Waals surface area contributed by atoms with Crippen molar-refractivity contribution in [2.75, 3.05) is 12.3 Å². The molecule has 1 unspecified atom stereocenters. The number of hydrogen-bond acceptors (Lipinski definition) is 4. The normalized spacial score (nSPS) is 22.1. The predicted molar refractivity (Wildman–Crippen MR) is 72.8 cm³/mol. The van der Waals surface area contributed by atoms with Crippen molar-refractivity contribution < 1.29 is 9.59 Å². The molecule has 2 heterocycles. The number of nitrogen functional groups attached to an aromatic ring is 1. The molecule has 1 aromatic heterocycles. The van der Waals surface area contributed by atoms with E-state index in [0.29, 0.717) is 30.4 Å². The van der Waals surface area contributed by atoms with Crippen LogP contribution in [0.1, 0.15) is 36.2 Å². The van der Waals surface area contributed by atoms with Crippen molar-refractivity contribution in [3.05, 3.63) is 11.9 Å². The summed E-state index contributed by atoms with van der Waals surface area (Å²) in [5, 5.41) is 6.95. The molecule has 0 aromatic carbocycles. The largest absolute Gasteiger partial charge is 0.396 e. The standard InChI is InChI=1S/C13H19N5O2/c1-17-11(9(14)7-15-17)13(20)18-6-2-3-10(18)12(19)16-8-4-5-8/h7-8,10H,2-6,14H2,1H3,(H,16,19). The molecular weight excluding hydrogens is 258 g/mol. The van der Waals surface area contributed by atoms with E-state index in [1.165, 1.54) is 10.9 Å². The molecule has 1 atom stereocenters. The van der Waals surface area contributed by atoms with Crippen LogP contribution in [-0.2, 0) is 11.8 Å². The van der Waals surface area contributed by atoms with E-state index < -0.39 is 0 Å². The van der Waals surface area contributed by atoms with Crippen LogP contribution in [0, 0.1) is 0 Å². The summed E-state index contributed by atoms with van der Waals surface area (Å²) < 4.78 is 1.46. The van der Waals surface area contributed by atoms with Gasteiger partial charge in [-0.2, -0.15) is 5.10 Å². The monoisotopic (exact) mass is 277 g/mol. The molecule has 3 rings (SSSR count). The molecule has 7 nitrogen and oxygen atoms in total. The minimum absolute atomic E-state index is 0.0425. The highest BCUT2D eigenvalue weighted by Crippen LogP contribution is 2.24. The van der Waals surface area contributed by atoms with Crippen molar-refractivity contribution in [3.63, 3.8) is 0 Å². The Kier molecular flexibility index (Phi) is 3.11. The van der Waals surface area contributed by atoms with Gasteiger partial charge < -0.3 is 16.0 Å². The van der Waals surface area contributed by atoms with Gasteiger partial charge >= 0.3 is 0 Å². The van der Waals surface area contributed by atoms with E-state index in [-0.39, 0.29) is 17.9 Å². The van der Waals surface area contributed by atoms with Gasteiger partial charge in [0.05, 0.1) is 11.9 Å². The Labute approximate surface area is 117 Å². The quantitative estimate of drug-likeness (QED) is 0.806. The van der Waals surface area contributed by atoms with E-state index in [9.17, 15) is 9.59 Å². The summed E-state index contributed by atoms with van der Waals surface area (Å²) in [5.74, 6) is -0.255. The number of anilines is 1. The summed E-state index contributed by atoms with van der Waals surface area (Å²) in [6, 6.07) is -0.0702. The van der Waals surface area contributed by atoms with Crippen LogP contribution >= 0.6 is 0 Å². The van der Waals surface area contributed by atoms with Crippen LogP contribution in [0.25, 0.3) is 0 Å². The molecule has 3 N–H and O–H groups in total. The fourth-order valence-corrected chi connectivity index (χ4v) is 2.66. The second-order valence-corrected chi connectivity index (χ2v) is 5.51. The van der Waals surface area contributed by atoms with E-state index >= 15 is 0 Å². The summed E-state index contributed by atoms with van der Waals surface area (Å²) in [4.78, 5) is 26.4. The lowest BCUT2D eigenvalue weighted by Gasteiger charge is -2.24. The molecular formula is C13H19N5O2. The van der Waals surface area contributed by atoms with Crippen LogP contribution in [0.5, 0.6) is 0 Å². The summed E-state index contributed by atoms with van der Waals surface area (Å²) in [6.07, 6.45) is 5.10. The number of aryl methyl sites for hydroxylation is 1. The molecule has 1 aliphatic carbocycles. The highest BCUT2D eigenvalue weighted by atomic mass is 16.2. The first-order valence-corrected chi connectivity index (χ1v) is 6.96. The van der Waals surface area contributed by atoms with E-state index in [2.05, 4.69) is 10.4 Å². The summed E-state index contributed by atoms with van der Waals surface area (Å²) in [5.41, 5.74) is 6.50. The molecule has 20 heavy (non-hydrogen) atoms. The number of nitrogens with two attached hydrogens (primary N) is 1. The second-order valence-electron chi connectivity index (χ2n) is 5.51. The van der Waals surface area contributed by atoms with Gasteiger partial charge in [0.25, 0.3) is 5.91 Å². The third-order valence-electron chi connectivity index (χ3n) is 3.91. The smallest absolute Gasteiger partial charge is 0.274 e. The molecule has 108 valence electrons. The number of carbonyl (C=O) groups excluding carboxylic acids is 2. The van der Waals surface area contributed by atoms with Gasteiger partial charge in [0.15, 0.2) is 0 Å². The SMILES string of the molecule is Cn1ncc(N)c1C(=O)N1CCCC1C(=O)NC1CC1. The van der Waals surface area contributed by atoms with Crippen LogP contribution in [0.3, 0.4) is 0 Å². The third kappa shape index (κ3) is 2.23. The van der Waals surface area contributed by atoms with Crippen LogP contribution in [-0.4, -0.2) is 45.1 Å². The number of aromatic nitrogens is 2. The van der Waals surface area contributed by atoms with Crippen LogP contribution in [0.15, 0.2) is 6.20 Å². The van der Waals surface area contributed by atoms with E-state index in [1.807, 2.05) is 0 Å². The topological polar surface area (TPSA) is 93.2 Å². The Balaban J connectivity index is 1.77. The van der Waals surface area contributed by atoms with Gasteiger partial charge in [-0.3, -0.25) is 14.3 Å². The van der Waals surface area contributed by atoms with E-state index in [4.69, 9.17) is 5.73 Å². The van der Waals surface area contributed by atoms with Crippen molar-refractivity contribution >= 4 is 17.5 Å². The first kappa shape index (κ1) is 13.0. The van der Waals surface area contributed by atoms with Gasteiger partial charge in [-0.15, -0.1) is 0 Å².